The first kappa shape index (κ1) is 15.0. The van der Waals surface area contributed by atoms with E-state index in [1.54, 1.807) is 18.2 Å². The van der Waals surface area contributed by atoms with Gasteiger partial charge < -0.3 is 10.2 Å². The van der Waals surface area contributed by atoms with Gasteiger partial charge in [-0.2, -0.15) is 5.10 Å². The van der Waals surface area contributed by atoms with E-state index < -0.39 is 0 Å². The Kier molecular flexibility index (Phi) is 3.88. The first-order valence-corrected chi connectivity index (χ1v) is 7.25. The summed E-state index contributed by atoms with van der Waals surface area (Å²) in [5.74, 6) is 0.460. The summed E-state index contributed by atoms with van der Waals surface area (Å²) < 4.78 is 0. The minimum absolute atomic E-state index is 0. The molecule has 3 heterocycles. The Bertz CT molecular complexity index is 775. The summed E-state index contributed by atoms with van der Waals surface area (Å²) in [7, 11) is 0. The molecule has 2 N–H and O–H groups in total. The van der Waals surface area contributed by atoms with Crippen LogP contribution in [0.15, 0.2) is 29.1 Å². The number of nitrogens with zero attached hydrogens (tertiary/aromatic N) is 2. The van der Waals surface area contributed by atoms with Crippen LogP contribution >= 0.6 is 12.4 Å². The van der Waals surface area contributed by atoms with Crippen LogP contribution in [0.3, 0.4) is 0 Å². The highest BCUT2D eigenvalue weighted by Gasteiger charge is 2.40. The zero-order valence-electron chi connectivity index (χ0n) is 11.9. The van der Waals surface area contributed by atoms with Crippen molar-refractivity contribution in [1.29, 1.82) is 0 Å². The van der Waals surface area contributed by atoms with Crippen molar-refractivity contribution in [3.8, 4) is 0 Å². The van der Waals surface area contributed by atoms with Crippen LogP contribution in [0, 0.1) is 5.92 Å². The van der Waals surface area contributed by atoms with Gasteiger partial charge in [-0.3, -0.25) is 9.59 Å². The molecular formula is C15H17ClN4O2. The lowest BCUT2D eigenvalue weighted by Gasteiger charge is -2.23. The van der Waals surface area contributed by atoms with E-state index in [1.807, 2.05) is 11.0 Å². The van der Waals surface area contributed by atoms with Crippen LogP contribution in [-0.4, -0.2) is 46.7 Å². The Labute approximate surface area is 133 Å². The molecule has 2 fully saturated rings. The number of aromatic amines is 1. The predicted octanol–water partition coefficient (Wildman–Crippen LogP) is 0.779. The van der Waals surface area contributed by atoms with Crippen molar-refractivity contribution >= 4 is 29.1 Å². The Morgan fingerprint density at radius 3 is 2.82 bits per heavy atom. The Hall–Kier alpha value is -1.92. The molecule has 0 unspecified atom stereocenters. The van der Waals surface area contributed by atoms with Gasteiger partial charge in [-0.25, -0.2) is 5.10 Å². The van der Waals surface area contributed by atoms with Crippen molar-refractivity contribution in [2.24, 2.45) is 5.92 Å². The van der Waals surface area contributed by atoms with Crippen LogP contribution < -0.4 is 10.9 Å². The maximum Gasteiger partial charge on any atom is 0.275 e. The summed E-state index contributed by atoms with van der Waals surface area (Å²) in [6.45, 7) is 2.59. The molecule has 0 aliphatic carbocycles. The van der Waals surface area contributed by atoms with E-state index >= 15 is 0 Å². The van der Waals surface area contributed by atoms with Crippen LogP contribution in [-0.2, 0) is 0 Å². The molecule has 0 saturated carbocycles. The number of halogens is 1. The van der Waals surface area contributed by atoms with E-state index in [9.17, 15) is 9.59 Å². The third-order valence-corrected chi connectivity index (χ3v) is 4.60. The van der Waals surface area contributed by atoms with Crippen LogP contribution in [0.1, 0.15) is 16.9 Å². The second kappa shape index (κ2) is 5.70. The molecule has 7 heteroatoms. The Balaban J connectivity index is 0.00000144. The van der Waals surface area contributed by atoms with Gasteiger partial charge in [0.1, 0.15) is 0 Å². The van der Waals surface area contributed by atoms with Crippen molar-refractivity contribution in [3.63, 3.8) is 0 Å². The van der Waals surface area contributed by atoms with Crippen LogP contribution in [0.4, 0.5) is 0 Å². The van der Waals surface area contributed by atoms with E-state index in [4.69, 9.17) is 0 Å². The number of fused-ring (bicyclic) bond motifs is 2. The molecule has 6 nitrogen and oxygen atoms in total. The smallest absolute Gasteiger partial charge is 0.275 e. The molecule has 4 rings (SSSR count). The summed E-state index contributed by atoms with van der Waals surface area (Å²) >= 11 is 0. The maximum atomic E-state index is 12.8. The summed E-state index contributed by atoms with van der Waals surface area (Å²) in [4.78, 5) is 26.5. The van der Waals surface area contributed by atoms with Crippen molar-refractivity contribution < 1.29 is 4.79 Å². The topological polar surface area (TPSA) is 78.1 Å². The molecule has 2 aromatic rings. The number of likely N-dealkylation sites (tertiary alicyclic amines) is 1. The number of benzene rings is 1. The lowest BCUT2D eigenvalue weighted by atomic mass is 10.0. The lowest BCUT2D eigenvalue weighted by molar-refractivity contribution is 0.0732. The lowest BCUT2D eigenvalue weighted by Crippen LogP contribution is -2.39. The first-order valence-electron chi connectivity index (χ1n) is 7.25. The van der Waals surface area contributed by atoms with Gasteiger partial charge in [0, 0.05) is 31.1 Å². The van der Waals surface area contributed by atoms with Crippen LogP contribution in [0.25, 0.3) is 10.8 Å². The van der Waals surface area contributed by atoms with E-state index in [-0.39, 0.29) is 29.9 Å². The SMILES string of the molecule is Cl.O=C(c1n[nH]c(=O)c2ccccc12)N1CC[C@H]2CNC[C@H]21. The van der Waals surface area contributed by atoms with Crippen molar-refractivity contribution in [1.82, 2.24) is 20.4 Å². The van der Waals surface area contributed by atoms with Crippen molar-refractivity contribution in [2.75, 3.05) is 19.6 Å². The Morgan fingerprint density at radius 1 is 1.23 bits per heavy atom. The van der Waals surface area contributed by atoms with Gasteiger partial charge in [0.05, 0.1) is 5.39 Å². The third-order valence-electron chi connectivity index (χ3n) is 4.60. The third kappa shape index (κ3) is 2.19. The largest absolute Gasteiger partial charge is 0.333 e. The number of carbonyl (C=O) groups excluding carboxylic acids is 1. The number of nitrogens with one attached hydrogen (secondary N) is 2. The van der Waals surface area contributed by atoms with E-state index in [1.165, 1.54) is 0 Å². The quantitative estimate of drug-likeness (QED) is 0.814. The summed E-state index contributed by atoms with van der Waals surface area (Å²) in [6, 6.07) is 7.37. The number of H-pyrrole nitrogens is 1. The molecule has 2 saturated heterocycles. The highest BCUT2D eigenvalue weighted by Crippen LogP contribution is 2.29. The Morgan fingerprint density at radius 2 is 2.00 bits per heavy atom. The molecule has 1 amide bonds. The van der Waals surface area contributed by atoms with E-state index in [0.717, 1.165) is 26.1 Å². The second-order valence-corrected chi connectivity index (χ2v) is 5.72. The average molecular weight is 321 g/mol. The van der Waals surface area contributed by atoms with Crippen molar-refractivity contribution in [2.45, 2.75) is 12.5 Å². The van der Waals surface area contributed by atoms with Gasteiger partial charge in [-0.1, -0.05) is 18.2 Å². The molecule has 2 aliphatic heterocycles. The number of rotatable bonds is 1. The monoisotopic (exact) mass is 320 g/mol. The minimum atomic E-state index is -0.260. The molecule has 2 atom stereocenters. The number of aromatic nitrogens is 2. The summed E-state index contributed by atoms with van der Waals surface area (Å²) in [5, 5.41) is 10.9. The highest BCUT2D eigenvalue weighted by atomic mass is 35.5. The molecule has 1 aromatic heterocycles. The standard InChI is InChI=1S/C15H16N4O2.ClH/c20-14-11-4-2-1-3-10(11)13(17-18-14)15(21)19-6-5-9-7-16-8-12(9)19;/h1-4,9,12,16H,5-8H2,(H,18,20);1H/t9-,12+;/m0./s1. The first-order chi connectivity index (χ1) is 10.3. The predicted molar refractivity (Wildman–Crippen MR) is 85.4 cm³/mol. The summed E-state index contributed by atoms with van der Waals surface area (Å²) in [6.07, 6.45) is 1.03. The molecule has 0 bridgehead atoms. The summed E-state index contributed by atoms with van der Waals surface area (Å²) in [5.41, 5.74) is 0.0849. The fourth-order valence-corrected chi connectivity index (χ4v) is 3.52. The van der Waals surface area contributed by atoms with Gasteiger partial charge in [-0.15, -0.1) is 12.4 Å². The molecule has 2 aliphatic rings. The van der Waals surface area contributed by atoms with E-state index in [0.29, 0.717) is 22.4 Å². The molecule has 0 spiro atoms. The van der Waals surface area contributed by atoms with Crippen molar-refractivity contribution in [3.05, 3.63) is 40.3 Å². The molecule has 22 heavy (non-hydrogen) atoms. The average Bonchev–Trinajstić information content (AvgIpc) is 3.10. The molecular weight excluding hydrogens is 304 g/mol. The van der Waals surface area contributed by atoms with Crippen LogP contribution in [0.2, 0.25) is 0 Å². The number of hydrogen-bond donors (Lipinski definition) is 2. The molecule has 1 aromatic carbocycles. The normalized spacial score (nSPS) is 23.4. The molecule has 116 valence electrons. The van der Waals surface area contributed by atoms with Gasteiger partial charge >= 0.3 is 0 Å². The van der Waals surface area contributed by atoms with Gasteiger partial charge in [-0.05, 0) is 18.4 Å². The van der Waals surface area contributed by atoms with Crippen LogP contribution in [0.5, 0.6) is 0 Å². The number of hydrogen-bond acceptors (Lipinski definition) is 4. The van der Waals surface area contributed by atoms with Gasteiger partial charge in [0.25, 0.3) is 11.5 Å². The number of amides is 1. The zero-order valence-corrected chi connectivity index (χ0v) is 12.7. The highest BCUT2D eigenvalue weighted by molar-refractivity contribution is 6.04. The van der Waals surface area contributed by atoms with Gasteiger partial charge in [0.2, 0.25) is 0 Å². The minimum Gasteiger partial charge on any atom is -0.333 e. The number of carbonyl (C=O) groups is 1. The fourth-order valence-electron chi connectivity index (χ4n) is 3.52. The molecule has 0 radical (unpaired) electrons. The second-order valence-electron chi connectivity index (χ2n) is 5.72. The van der Waals surface area contributed by atoms with Gasteiger partial charge in [0.15, 0.2) is 5.69 Å². The zero-order chi connectivity index (χ0) is 14.4. The fraction of sp³-hybridized carbons (Fsp3) is 0.400. The maximum absolute atomic E-state index is 12.8. The van der Waals surface area contributed by atoms with E-state index in [2.05, 4.69) is 15.5 Å².